The lowest BCUT2D eigenvalue weighted by atomic mass is 10.2. The molecule has 156 valence electrons. The number of amides is 2. The number of halogens is 1. The van der Waals surface area contributed by atoms with Crippen molar-refractivity contribution < 1.29 is 14.3 Å². The number of anilines is 2. The number of hydrogen-bond donors (Lipinski definition) is 1. The Morgan fingerprint density at radius 1 is 1.03 bits per heavy atom. The number of methoxy groups -OCH3 is 1. The molecule has 0 saturated heterocycles. The molecule has 0 unspecified atom stereocenters. The van der Waals surface area contributed by atoms with Gasteiger partial charge in [0.05, 0.1) is 29.6 Å². The van der Waals surface area contributed by atoms with Gasteiger partial charge in [0.15, 0.2) is 0 Å². The second kappa shape index (κ2) is 8.41. The van der Waals surface area contributed by atoms with Gasteiger partial charge in [-0.15, -0.1) is 0 Å². The Morgan fingerprint density at radius 3 is 2.55 bits per heavy atom. The summed E-state index contributed by atoms with van der Waals surface area (Å²) in [5.41, 5.74) is 2.65. The summed E-state index contributed by atoms with van der Waals surface area (Å²) >= 11 is 5.88. The number of carbonyl (C=O) groups is 2. The van der Waals surface area contributed by atoms with Crippen molar-refractivity contribution >= 4 is 40.9 Å². The molecule has 4 aromatic heterocycles. The first-order valence-electron chi connectivity index (χ1n) is 9.14. The largest absolute Gasteiger partial charge is 0.453 e. The van der Waals surface area contributed by atoms with Crippen molar-refractivity contribution in [3.8, 4) is 11.3 Å². The van der Waals surface area contributed by atoms with Crippen LogP contribution in [0.25, 0.3) is 16.9 Å². The van der Waals surface area contributed by atoms with E-state index >= 15 is 0 Å². The highest BCUT2D eigenvalue weighted by atomic mass is 35.5. The van der Waals surface area contributed by atoms with Gasteiger partial charge in [-0.3, -0.25) is 19.4 Å². The maximum Gasteiger partial charge on any atom is 0.412 e. The Balaban J connectivity index is 1.64. The predicted octanol–water partition coefficient (Wildman–Crippen LogP) is 3.90. The van der Waals surface area contributed by atoms with Gasteiger partial charge in [0, 0.05) is 31.2 Å². The summed E-state index contributed by atoms with van der Waals surface area (Å²) in [6.45, 7) is 0. The molecule has 0 atom stereocenters. The molecule has 0 spiro atoms. The van der Waals surface area contributed by atoms with E-state index in [0.29, 0.717) is 27.9 Å². The van der Waals surface area contributed by atoms with Crippen molar-refractivity contribution in [3.63, 3.8) is 0 Å². The van der Waals surface area contributed by atoms with E-state index in [0.717, 1.165) is 11.3 Å². The van der Waals surface area contributed by atoms with Crippen LogP contribution in [0.5, 0.6) is 0 Å². The van der Waals surface area contributed by atoms with Crippen LogP contribution in [0.4, 0.5) is 16.4 Å². The first-order valence-corrected chi connectivity index (χ1v) is 9.52. The van der Waals surface area contributed by atoms with Crippen molar-refractivity contribution in [1.82, 2.24) is 19.4 Å². The van der Waals surface area contributed by atoms with E-state index < -0.39 is 6.09 Å². The van der Waals surface area contributed by atoms with Gasteiger partial charge < -0.3 is 4.74 Å². The quantitative estimate of drug-likeness (QED) is 0.520. The third kappa shape index (κ3) is 4.17. The SMILES string of the molecule is COC(=O)Nc1ccc(-c2cnc3ccc(C(=O)N(C)c4ccc(Cl)cn4)cn23)cn1. The van der Waals surface area contributed by atoms with Gasteiger partial charge in [-0.2, -0.15) is 0 Å². The minimum Gasteiger partial charge on any atom is -0.453 e. The van der Waals surface area contributed by atoms with Gasteiger partial charge in [-0.25, -0.2) is 19.7 Å². The van der Waals surface area contributed by atoms with E-state index in [1.54, 1.807) is 66.4 Å². The Hall–Kier alpha value is -3.98. The molecule has 0 aliphatic rings. The summed E-state index contributed by atoms with van der Waals surface area (Å²) in [6.07, 6.45) is 5.90. The monoisotopic (exact) mass is 436 g/mol. The molecule has 0 radical (unpaired) electrons. The number of rotatable bonds is 4. The summed E-state index contributed by atoms with van der Waals surface area (Å²) in [5.74, 6) is 0.614. The zero-order valence-corrected chi connectivity index (χ0v) is 17.4. The van der Waals surface area contributed by atoms with Crippen LogP contribution >= 0.6 is 11.6 Å². The lowest BCUT2D eigenvalue weighted by Crippen LogP contribution is -2.27. The molecular formula is C21H17ClN6O3. The van der Waals surface area contributed by atoms with E-state index in [9.17, 15) is 9.59 Å². The van der Waals surface area contributed by atoms with Crippen LogP contribution in [0.3, 0.4) is 0 Å². The van der Waals surface area contributed by atoms with Crippen molar-refractivity contribution in [1.29, 1.82) is 0 Å². The third-order valence-corrected chi connectivity index (χ3v) is 4.81. The zero-order chi connectivity index (χ0) is 22.0. The summed E-state index contributed by atoms with van der Waals surface area (Å²) in [6, 6.07) is 10.3. The maximum atomic E-state index is 13.0. The smallest absolute Gasteiger partial charge is 0.412 e. The lowest BCUT2D eigenvalue weighted by molar-refractivity contribution is 0.0992. The number of aromatic nitrogens is 4. The predicted molar refractivity (Wildman–Crippen MR) is 116 cm³/mol. The maximum absolute atomic E-state index is 13.0. The van der Waals surface area contributed by atoms with Crippen LogP contribution in [0, 0.1) is 0 Å². The molecule has 1 N–H and O–H groups in total. The fourth-order valence-corrected chi connectivity index (χ4v) is 3.07. The van der Waals surface area contributed by atoms with E-state index in [4.69, 9.17) is 11.6 Å². The highest BCUT2D eigenvalue weighted by Crippen LogP contribution is 2.23. The molecule has 2 amide bonds. The molecular weight excluding hydrogens is 420 g/mol. The van der Waals surface area contributed by atoms with Crippen LogP contribution in [0.2, 0.25) is 5.02 Å². The minimum absolute atomic E-state index is 0.230. The Bertz CT molecular complexity index is 1250. The molecule has 0 bridgehead atoms. The number of carbonyl (C=O) groups excluding carboxylic acids is 2. The lowest BCUT2D eigenvalue weighted by Gasteiger charge is -2.16. The van der Waals surface area contributed by atoms with Gasteiger partial charge in [-0.05, 0) is 36.4 Å². The van der Waals surface area contributed by atoms with E-state index in [-0.39, 0.29) is 5.91 Å². The highest BCUT2D eigenvalue weighted by Gasteiger charge is 2.17. The molecule has 0 aromatic carbocycles. The number of nitrogens with one attached hydrogen (secondary N) is 1. The summed E-state index contributed by atoms with van der Waals surface area (Å²) < 4.78 is 6.36. The van der Waals surface area contributed by atoms with Crippen molar-refractivity contribution in [2.24, 2.45) is 0 Å². The molecule has 0 aliphatic heterocycles. The number of nitrogens with zero attached hydrogens (tertiary/aromatic N) is 5. The molecule has 10 heteroatoms. The molecule has 4 rings (SSSR count). The number of pyridine rings is 3. The summed E-state index contributed by atoms with van der Waals surface area (Å²) in [5, 5.41) is 2.99. The fraction of sp³-hybridized carbons (Fsp3) is 0.0952. The zero-order valence-electron chi connectivity index (χ0n) is 16.6. The van der Waals surface area contributed by atoms with E-state index in [1.165, 1.54) is 18.2 Å². The second-order valence-electron chi connectivity index (χ2n) is 6.54. The second-order valence-corrected chi connectivity index (χ2v) is 6.97. The molecule has 0 fully saturated rings. The topological polar surface area (TPSA) is 102 Å². The average Bonchev–Trinajstić information content (AvgIpc) is 3.22. The van der Waals surface area contributed by atoms with Crippen LogP contribution < -0.4 is 10.2 Å². The van der Waals surface area contributed by atoms with Gasteiger partial charge >= 0.3 is 6.09 Å². The van der Waals surface area contributed by atoms with Crippen molar-refractivity contribution in [2.45, 2.75) is 0 Å². The first-order chi connectivity index (χ1) is 15.0. The van der Waals surface area contributed by atoms with Crippen molar-refractivity contribution in [3.05, 3.63) is 71.8 Å². The number of fused-ring (bicyclic) bond motifs is 1. The molecule has 4 heterocycles. The first kappa shape index (κ1) is 20.3. The molecule has 9 nitrogen and oxygen atoms in total. The molecule has 0 saturated carbocycles. The van der Waals surface area contributed by atoms with Gasteiger partial charge in [0.25, 0.3) is 5.91 Å². The van der Waals surface area contributed by atoms with E-state index in [2.05, 4.69) is 25.0 Å². The van der Waals surface area contributed by atoms with Crippen LogP contribution in [-0.2, 0) is 4.74 Å². The van der Waals surface area contributed by atoms with Crippen LogP contribution in [0.15, 0.2) is 61.2 Å². The standard InChI is InChI=1S/C21H17ClN6O3/c1-27(18-8-5-15(22)10-24-18)20(29)14-4-7-19-25-11-16(28(19)12-14)13-3-6-17(23-9-13)26-21(30)31-2/h3-12H,1-2H3,(H,23,26,30). The average molecular weight is 437 g/mol. The highest BCUT2D eigenvalue weighted by molar-refractivity contribution is 6.30. The molecule has 0 aliphatic carbocycles. The number of ether oxygens (including phenoxy) is 1. The number of hydrogen-bond acceptors (Lipinski definition) is 6. The number of imidazole rings is 1. The van der Waals surface area contributed by atoms with Crippen LogP contribution in [-0.4, -0.2) is 45.5 Å². The van der Waals surface area contributed by atoms with Crippen LogP contribution in [0.1, 0.15) is 10.4 Å². The van der Waals surface area contributed by atoms with Crippen molar-refractivity contribution in [2.75, 3.05) is 24.4 Å². The van der Waals surface area contributed by atoms with Gasteiger partial charge in [-0.1, -0.05) is 11.6 Å². The van der Waals surface area contributed by atoms with Gasteiger partial charge in [0.2, 0.25) is 0 Å². The normalized spacial score (nSPS) is 10.7. The molecule has 31 heavy (non-hydrogen) atoms. The molecule has 4 aromatic rings. The summed E-state index contributed by atoms with van der Waals surface area (Å²) in [4.78, 5) is 38.5. The third-order valence-electron chi connectivity index (χ3n) is 4.59. The van der Waals surface area contributed by atoms with Gasteiger partial charge in [0.1, 0.15) is 17.3 Å². The van der Waals surface area contributed by atoms with E-state index in [1.807, 2.05) is 0 Å². The summed E-state index contributed by atoms with van der Waals surface area (Å²) in [7, 11) is 2.93. The Kier molecular flexibility index (Phi) is 5.50. The minimum atomic E-state index is -0.600. The Labute approximate surface area is 182 Å². The fourth-order valence-electron chi connectivity index (χ4n) is 2.96. The Morgan fingerprint density at radius 2 is 1.87 bits per heavy atom.